The van der Waals surface area contributed by atoms with Crippen molar-refractivity contribution in [3.05, 3.63) is 70.0 Å². The second-order valence-electron chi connectivity index (χ2n) is 6.16. The van der Waals surface area contributed by atoms with Crippen LogP contribution in [0.25, 0.3) is 5.69 Å². The minimum Gasteiger partial charge on any atom is -0.302 e. The molecule has 2 heterocycles. The van der Waals surface area contributed by atoms with Crippen molar-refractivity contribution in [3.63, 3.8) is 0 Å². The highest BCUT2D eigenvalue weighted by Gasteiger charge is 2.21. The Labute approximate surface area is 161 Å². The molecule has 0 amide bonds. The molecule has 0 aliphatic heterocycles. The maximum Gasteiger partial charge on any atom is 0.213 e. The van der Waals surface area contributed by atoms with Crippen molar-refractivity contribution in [2.24, 2.45) is 0 Å². The Morgan fingerprint density at radius 2 is 1.92 bits per heavy atom. The van der Waals surface area contributed by atoms with E-state index < -0.39 is 0 Å². The van der Waals surface area contributed by atoms with Gasteiger partial charge >= 0.3 is 0 Å². The molecule has 0 aliphatic rings. The minimum atomic E-state index is -0.131. The first-order chi connectivity index (χ1) is 12.5. The van der Waals surface area contributed by atoms with Crippen molar-refractivity contribution in [1.82, 2.24) is 24.6 Å². The lowest BCUT2D eigenvalue weighted by atomic mass is 10.0. The summed E-state index contributed by atoms with van der Waals surface area (Å²) in [6.07, 6.45) is 2.34. The standard InChI is InChI=1S/C19H20BrN5O/c1-4-17-22-23-18(12-24(2)3)25(17)16-9-8-13(20)11-14(16)19(26)15-7-5-6-10-21-15/h5-11H,4,12H2,1-3H3. The topological polar surface area (TPSA) is 63.9 Å². The molecule has 0 bridgehead atoms. The van der Waals surface area contributed by atoms with Gasteiger partial charge in [-0.25, -0.2) is 0 Å². The summed E-state index contributed by atoms with van der Waals surface area (Å²) in [7, 11) is 3.96. The molecule has 0 unspecified atom stereocenters. The van der Waals surface area contributed by atoms with Gasteiger partial charge in [-0.3, -0.25) is 14.3 Å². The minimum absolute atomic E-state index is 0.131. The Kier molecular flexibility index (Phi) is 5.58. The second-order valence-corrected chi connectivity index (χ2v) is 7.08. The van der Waals surface area contributed by atoms with Gasteiger partial charge in [-0.2, -0.15) is 0 Å². The molecule has 2 aromatic heterocycles. The van der Waals surface area contributed by atoms with Gasteiger partial charge in [-0.1, -0.05) is 28.9 Å². The van der Waals surface area contributed by atoms with E-state index in [1.165, 1.54) is 0 Å². The summed E-state index contributed by atoms with van der Waals surface area (Å²) in [6.45, 7) is 2.65. The van der Waals surface area contributed by atoms with Crippen molar-refractivity contribution in [1.29, 1.82) is 0 Å². The molecule has 0 aliphatic carbocycles. The van der Waals surface area contributed by atoms with Crippen molar-refractivity contribution >= 4 is 21.7 Å². The van der Waals surface area contributed by atoms with Gasteiger partial charge in [0.2, 0.25) is 5.78 Å². The van der Waals surface area contributed by atoms with Crippen LogP contribution in [0.3, 0.4) is 0 Å². The van der Waals surface area contributed by atoms with Crippen LogP contribution in [0.4, 0.5) is 0 Å². The van der Waals surface area contributed by atoms with E-state index in [0.717, 1.165) is 21.8 Å². The maximum atomic E-state index is 13.1. The molecular formula is C19H20BrN5O. The summed E-state index contributed by atoms with van der Waals surface area (Å²) in [5.74, 6) is 1.48. The molecule has 0 saturated carbocycles. The number of carbonyl (C=O) groups excluding carboxylic acids is 1. The summed E-state index contributed by atoms with van der Waals surface area (Å²) in [5.41, 5.74) is 1.74. The number of hydrogen-bond donors (Lipinski definition) is 0. The van der Waals surface area contributed by atoms with Crippen LogP contribution in [-0.4, -0.2) is 44.5 Å². The number of pyridine rings is 1. The van der Waals surface area contributed by atoms with Crippen LogP contribution >= 0.6 is 15.9 Å². The first-order valence-electron chi connectivity index (χ1n) is 8.34. The SMILES string of the molecule is CCc1nnc(CN(C)C)n1-c1ccc(Br)cc1C(=O)c1ccccn1. The molecule has 0 N–H and O–H groups in total. The Hall–Kier alpha value is -2.38. The Balaban J connectivity index is 2.18. The molecule has 0 fully saturated rings. The smallest absolute Gasteiger partial charge is 0.213 e. The molecule has 0 saturated heterocycles. The lowest BCUT2D eigenvalue weighted by Crippen LogP contribution is -2.18. The molecule has 6 nitrogen and oxygen atoms in total. The predicted molar refractivity (Wildman–Crippen MR) is 103 cm³/mol. The van der Waals surface area contributed by atoms with Crippen LogP contribution in [-0.2, 0) is 13.0 Å². The number of aryl methyl sites for hydroxylation is 1. The summed E-state index contributed by atoms with van der Waals surface area (Å²) in [4.78, 5) is 19.3. The number of benzene rings is 1. The van der Waals surface area contributed by atoms with Crippen LogP contribution in [0, 0.1) is 0 Å². The van der Waals surface area contributed by atoms with E-state index in [0.29, 0.717) is 24.2 Å². The van der Waals surface area contributed by atoms with Crippen molar-refractivity contribution < 1.29 is 4.79 Å². The molecule has 26 heavy (non-hydrogen) atoms. The van der Waals surface area contributed by atoms with Gasteiger partial charge in [0.25, 0.3) is 0 Å². The lowest BCUT2D eigenvalue weighted by Gasteiger charge is -2.16. The summed E-state index contributed by atoms with van der Waals surface area (Å²) >= 11 is 3.47. The van der Waals surface area contributed by atoms with Crippen molar-refractivity contribution in [2.75, 3.05) is 14.1 Å². The van der Waals surface area contributed by atoms with E-state index in [1.807, 2.05) is 54.8 Å². The van der Waals surface area contributed by atoms with Gasteiger partial charge in [-0.05, 0) is 44.4 Å². The number of hydrogen-bond acceptors (Lipinski definition) is 5. The first-order valence-corrected chi connectivity index (χ1v) is 9.14. The Bertz CT molecular complexity index is 921. The number of rotatable bonds is 6. The van der Waals surface area contributed by atoms with Crippen LogP contribution in [0.2, 0.25) is 0 Å². The third-order valence-corrected chi connectivity index (χ3v) is 4.41. The molecule has 1 aromatic carbocycles. The lowest BCUT2D eigenvalue weighted by molar-refractivity contribution is 0.103. The quantitative estimate of drug-likeness (QED) is 0.580. The first kappa shape index (κ1) is 18.4. The molecule has 0 atom stereocenters. The average molecular weight is 414 g/mol. The fraction of sp³-hybridized carbons (Fsp3) is 0.263. The molecule has 0 spiro atoms. The van der Waals surface area contributed by atoms with Crippen LogP contribution in [0.15, 0.2) is 47.1 Å². The largest absolute Gasteiger partial charge is 0.302 e. The van der Waals surface area contributed by atoms with Gasteiger partial charge in [0.1, 0.15) is 11.5 Å². The monoisotopic (exact) mass is 413 g/mol. The van der Waals surface area contributed by atoms with Crippen LogP contribution in [0.5, 0.6) is 0 Å². The van der Waals surface area contributed by atoms with Gasteiger partial charge in [0, 0.05) is 22.7 Å². The molecule has 3 aromatic rings. The molecular weight excluding hydrogens is 394 g/mol. The highest BCUT2D eigenvalue weighted by Crippen LogP contribution is 2.25. The number of ketones is 1. The van der Waals surface area contributed by atoms with E-state index in [-0.39, 0.29) is 5.78 Å². The fourth-order valence-corrected chi connectivity index (χ4v) is 3.13. The third kappa shape index (κ3) is 3.73. The predicted octanol–water partition coefficient (Wildman–Crippen LogP) is 3.28. The molecule has 0 radical (unpaired) electrons. The van der Waals surface area contributed by atoms with Gasteiger partial charge < -0.3 is 4.90 Å². The summed E-state index contributed by atoms with van der Waals surface area (Å²) in [6, 6.07) is 11.0. The fourth-order valence-electron chi connectivity index (χ4n) is 2.77. The van der Waals surface area contributed by atoms with Gasteiger partial charge in [-0.15, -0.1) is 10.2 Å². The molecule has 3 rings (SSSR count). The van der Waals surface area contributed by atoms with E-state index in [9.17, 15) is 4.79 Å². The zero-order chi connectivity index (χ0) is 18.7. The van der Waals surface area contributed by atoms with Crippen molar-refractivity contribution in [2.45, 2.75) is 19.9 Å². The Morgan fingerprint density at radius 3 is 2.58 bits per heavy atom. The van der Waals surface area contributed by atoms with Crippen LogP contribution < -0.4 is 0 Å². The van der Waals surface area contributed by atoms with E-state index >= 15 is 0 Å². The maximum absolute atomic E-state index is 13.1. The van der Waals surface area contributed by atoms with E-state index in [4.69, 9.17) is 0 Å². The van der Waals surface area contributed by atoms with E-state index in [1.54, 1.807) is 18.3 Å². The van der Waals surface area contributed by atoms with Crippen LogP contribution in [0.1, 0.15) is 34.6 Å². The number of nitrogens with zero attached hydrogens (tertiary/aromatic N) is 5. The zero-order valence-electron chi connectivity index (χ0n) is 15.0. The second kappa shape index (κ2) is 7.88. The average Bonchev–Trinajstić information content (AvgIpc) is 3.03. The van der Waals surface area contributed by atoms with E-state index in [2.05, 4.69) is 31.1 Å². The van der Waals surface area contributed by atoms with Gasteiger partial charge in [0.05, 0.1) is 12.2 Å². The number of aromatic nitrogens is 4. The van der Waals surface area contributed by atoms with Gasteiger partial charge in [0.15, 0.2) is 5.82 Å². The highest BCUT2D eigenvalue weighted by atomic mass is 79.9. The summed E-state index contributed by atoms with van der Waals surface area (Å²) in [5, 5.41) is 8.64. The Morgan fingerprint density at radius 1 is 1.15 bits per heavy atom. The molecule has 7 heteroatoms. The molecule has 134 valence electrons. The zero-order valence-corrected chi connectivity index (χ0v) is 16.6. The highest BCUT2D eigenvalue weighted by molar-refractivity contribution is 9.10. The number of halogens is 1. The number of carbonyl (C=O) groups is 1. The van der Waals surface area contributed by atoms with Crippen molar-refractivity contribution in [3.8, 4) is 5.69 Å². The third-order valence-electron chi connectivity index (χ3n) is 3.91. The summed E-state index contributed by atoms with van der Waals surface area (Å²) < 4.78 is 2.81. The normalized spacial score (nSPS) is 11.1.